The van der Waals surface area contributed by atoms with Crippen molar-refractivity contribution >= 4 is 15.9 Å². The number of rotatable bonds is 9. The summed E-state index contributed by atoms with van der Waals surface area (Å²) in [6.07, 6.45) is -4.22. The third-order valence-corrected chi connectivity index (χ3v) is 4.94. The van der Waals surface area contributed by atoms with Crippen LogP contribution in [-0.2, 0) is 27.8 Å². The molecule has 0 fully saturated rings. The molecule has 0 radical (unpaired) electrons. The Labute approximate surface area is 172 Å². The molecule has 0 aliphatic heterocycles. The van der Waals surface area contributed by atoms with E-state index in [4.69, 9.17) is 5.14 Å². The van der Waals surface area contributed by atoms with Gasteiger partial charge in [0.05, 0.1) is 11.4 Å². The van der Waals surface area contributed by atoms with Crippen LogP contribution in [0, 0.1) is 0 Å². The van der Waals surface area contributed by atoms with Gasteiger partial charge in [0.15, 0.2) is 0 Å². The summed E-state index contributed by atoms with van der Waals surface area (Å²) in [5, 5.41) is 7.80. The van der Waals surface area contributed by atoms with Gasteiger partial charge in [-0.3, -0.25) is 9.69 Å². The Hall–Kier alpha value is -2.63. The third-order valence-electron chi connectivity index (χ3n) is 4.01. The van der Waals surface area contributed by atoms with Crippen LogP contribution in [0.5, 0.6) is 5.75 Å². The number of alkyl halides is 3. The van der Waals surface area contributed by atoms with E-state index in [9.17, 15) is 26.4 Å². The van der Waals surface area contributed by atoms with Gasteiger partial charge in [-0.25, -0.2) is 13.6 Å². The van der Waals surface area contributed by atoms with Gasteiger partial charge < -0.3 is 10.1 Å². The van der Waals surface area contributed by atoms with Gasteiger partial charge in [0.1, 0.15) is 5.75 Å². The van der Waals surface area contributed by atoms with Crippen molar-refractivity contribution in [3.8, 4) is 5.75 Å². The van der Waals surface area contributed by atoms with Gasteiger partial charge in [0.25, 0.3) is 0 Å². The number of halogens is 3. The normalized spacial score (nSPS) is 12.1. The topological polar surface area (TPSA) is 102 Å². The monoisotopic (exact) mass is 445 g/mol. The second-order valence-electron chi connectivity index (χ2n) is 6.65. The fourth-order valence-electron chi connectivity index (χ4n) is 2.66. The molecular weight excluding hydrogens is 423 g/mol. The van der Waals surface area contributed by atoms with E-state index >= 15 is 0 Å². The molecule has 11 heteroatoms. The van der Waals surface area contributed by atoms with Crippen LogP contribution >= 0.6 is 0 Å². The summed E-state index contributed by atoms with van der Waals surface area (Å²) < 4.78 is 62.8. The Morgan fingerprint density at radius 2 is 1.63 bits per heavy atom. The molecule has 164 valence electrons. The Morgan fingerprint density at radius 1 is 1.07 bits per heavy atom. The van der Waals surface area contributed by atoms with Crippen molar-refractivity contribution in [3.05, 3.63) is 59.7 Å². The number of amides is 1. The number of nitrogens with two attached hydrogens (primary N) is 1. The first-order valence-corrected chi connectivity index (χ1v) is 10.4. The predicted molar refractivity (Wildman–Crippen MR) is 104 cm³/mol. The lowest BCUT2D eigenvalue weighted by atomic mass is 10.1. The highest BCUT2D eigenvalue weighted by Crippen LogP contribution is 2.23. The molecule has 3 N–H and O–H groups in total. The van der Waals surface area contributed by atoms with Crippen LogP contribution in [0.1, 0.15) is 11.1 Å². The fraction of sp³-hybridized carbons (Fsp3) is 0.316. The number of benzene rings is 2. The molecule has 0 atom stereocenters. The molecule has 0 aliphatic rings. The molecule has 0 aliphatic carbocycles. The predicted octanol–water partition coefficient (Wildman–Crippen LogP) is 2.02. The number of likely N-dealkylation sites (N-methyl/N-ethyl adjacent to an activating group) is 1. The van der Waals surface area contributed by atoms with E-state index in [2.05, 4.69) is 10.1 Å². The Bertz CT molecular complexity index is 946. The Morgan fingerprint density at radius 3 is 2.17 bits per heavy atom. The summed E-state index contributed by atoms with van der Waals surface area (Å²) in [5.74, 6) is -0.514. The number of primary sulfonamides is 1. The lowest BCUT2D eigenvalue weighted by Gasteiger charge is -2.17. The van der Waals surface area contributed by atoms with Crippen molar-refractivity contribution in [1.82, 2.24) is 10.2 Å². The number of hydrogen-bond donors (Lipinski definition) is 2. The lowest BCUT2D eigenvalue weighted by molar-refractivity contribution is -0.274. The first-order chi connectivity index (χ1) is 13.9. The minimum atomic E-state index is -4.74. The van der Waals surface area contributed by atoms with Gasteiger partial charge in [0.2, 0.25) is 15.9 Å². The van der Waals surface area contributed by atoms with Gasteiger partial charge in [-0.05, 0) is 48.9 Å². The second kappa shape index (κ2) is 9.92. The highest BCUT2D eigenvalue weighted by molar-refractivity contribution is 7.89. The van der Waals surface area contributed by atoms with Crippen molar-refractivity contribution < 1.29 is 31.1 Å². The van der Waals surface area contributed by atoms with Crippen LogP contribution in [0.2, 0.25) is 0 Å². The number of hydrogen-bond acceptors (Lipinski definition) is 5. The molecule has 0 bridgehead atoms. The zero-order chi connectivity index (χ0) is 22.4. The average Bonchev–Trinajstić information content (AvgIpc) is 2.62. The van der Waals surface area contributed by atoms with E-state index in [1.807, 2.05) is 0 Å². The van der Waals surface area contributed by atoms with E-state index in [0.29, 0.717) is 19.5 Å². The molecule has 0 spiro atoms. The Kier molecular flexibility index (Phi) is 7.82. The summed E-state index contributed by atoms with van der Waals surface area (Å²) >= 11 is 0. The smallest absolute Gasteiger partial charge is 0.406 e. The van der Waals surface area contributed by atoms with Crippen molar-refractivity contribution in [2.45, 2.75) is 24.2 Å². The van der Waals surface area contributed by atoms with Crippen LogP contribution in [0.15, 0.2) is 53.4 Å². The number of carbonyl (C=O) groups excluding carboxylic acids is 1. The number of carbonyl (C=O) groups is 1. The number of nitrogens with one attached hydrogen (secondary N) is 1. The quantitative estimate of drug-likeness (QED) is 0.615. The molecule has 0 heterocycles. The zero-order valence-corrected chi connectivity index (χ0v) is 17.0. The maximum absolute atomic E-state index is 12.2. The van der Waals surface area contributed by atoms with Crippen molar-refractivity contribution in [3.63, 3.8) is 0 Å². The number of nitrogens with zero attached hydrogens (tertiary/aromatic N) is 1. The maximum atomic E-state index is 12.2. The molecule has 2 aromatic carbocycles. The number of ether oxygens (including phenoxy) is 1. The van der Waals surface area contributed by atoms with Gasteiger partial charge in [-0.2, -0.15) is 0 Å². The van der Waals surface area contributed by atoms with Crippen molar-refractivity contribution in [2.75, 3.05) is 20.1 Å². The highest BCUT2D eigenvalue weighted by atomic mass is 32.2. The number of sulfonamides is 1. The van der Waals surface area contributed by atoms with E-state index in [-0.39, 0.29) is 23.1 Å². The van der Waals surface area contributed by atoms with Gasteiger partial charge in [-0.1, -0.05) is 24.3 Å². The van der Waals surface area contributed by atoms with Gasteiger partial charge >= 0.3 is 6.36 Å². The standard InChI is InChI=1S/C19H22F3N3O4S/c1-25(12-15-2-6-16(7-3-15)29-19(20,21)22)13-18(26)24-11-10-14-4-8-17(9-5-14)30(23,27)28/h2-9H,10-13H2,1H3,(H,24,26)(H2,23,27,28). The molecule has 2 aromatic rings. The average molecular weight is 445 g/mol. The van der Waals surface area contributed by atoms with Crippen molar-refractivity contribution in [1.29, 1.82) is 0 Å². The molecule has 0 aromatic heterocycles. The summed E-state index contributed by atoms with van der Waals surface area (Å²) in [5.41, 5.74) is 1.58. The summed E-state index contributed by atoms with van der Waals surface area (Å²) in [7, 11) is -2.02. The van der Waals surface area contributed by atoms with E-state index in [0.717, 1.165) is 11.1 Å². The molecule has 7 nitrogen and oxygen atoms in total. The third kappa shape index (κ3) is 8.39. The van der Waals surface area contributed by atoms with E-state index < -0.39 is 16.4 Å². The molecule has 30 heavy (non-hydrogen) atoms. The van der Waals surface area contributed by atoms with Crippen LogP contribution < -0.4 is 15.2 Å². The summed E-state index contributed by atoms with van der Waals surface area (Å²) in [6, 6.07) is 11.5. The highest BCUT2D eigenvalue weighted by Gasteiger charge is 2.30. The fourth-order valence-corrected chi connectivity index (χ4v) is 3.17. The minimum Gasteiger partial charge on any atom is -0.406 e. The first-order valence-electron chi connectivity index (χ1n) is 8.84. The summed E-state index contributed by atoms with van der Waals surface area (Å²) in [4.78, 5) is 13.8. The maximum Gasteiger partial charge on any atom is 0.573 e. The van der Waals surface area contributed by atoms with Gasteiger partial charge in [-0.15, -0.1) is 13.2 Å². The summed E-state index contributed by atoms with van der Waals surface area (Å²) in [6.45, 7) is 0.838. The Balaban J connectivity index is 1.74. The van der Waals surface area contributed by atoms with Gasteiger partial charge in [0, 0.05) is 13.1 Å². The molecule has 2 rings (SSSR count). The SMILES string of the molecule is CN(CC(=O)NCCc1ccc(S(N)(=O)=O)cc1)Cc1ccc(OC(F)(F)F)cc1. The van der Waals surface area contributed by atoms with Crippen LogP contribution in [-0.4, -0.2) is 45.7 Å². The minimum absolute atomic E-state index is 0.0231. The largest absolute Gasteiger partial charge is 0.573 e. The molecule has 0 unspecified atom stereocenters. The molecule has 0 saturated heterocycles. The second-order valence-corrected chi connectivity index (χ2v) is 8.21. The first kappa shape index (κ1) is 23.6. The molecule has 1 amide bonds. The lowest BCUT2D eigenvalue weighted by Crippen LogP contribution is -2.35. The van der Waals surface area contributed by atoms with Crippen LogP contribution in [0.4, 0.5) is 13.2 Å². The van der Waals surface area contributed by atoms with Crippen LogP contribution in [0.25, 0.3) is 0 Å². The van der Waals surface area contributed by atoms with E-state index in [1.54, 1.807) is 24.1 Å². The molecular formula is C19H22F3N3O4S. The van der Waals surface area contributed by atoms with E-state index in [1.165, 1.54) is 36.4 Å². The van der Waals surface area contributed by atoms with Crippen molar-refractivity contribution in [2.24, 2.45) is 5.14 Å². The zero-order valence-electron chi connectivity index (χ0n) is 16.1. The van der Waals surface area contributed by atoms with Crippen LogP contribution in [0.3, 0.4) is 0 Å². The molecule has 0 saturated carbocycles.